The summed E-state index contributed by atoms with van der Waals surface area (Å²) in [6, 6.07) is 7.98. The molecule has 0 saturated carbocycles. The second kappa shape index (κ2) is 7.18. The van der Waals surface area contributed by atoms with Crippen LogP contribution in [0.5, 0.6) is 0 Å². The maximum Gasteiger partial charge on any atom is 0.0620 e. The number of aliphatic imine (C=N–C) groups is 1. The Morgan fingerprint density at radius 3 is 2.71 bits per heavy atom. The van der Waals surface area contributed by atoms with E-state index in [2.05, 4.69) is 18.2 Å². The molecule has 0 aliphatic carbocycles. The van der Waals surface area contributed by atoms with Crippen LogP contribution in [0.1, 0.15) is 6.92 Å². The van der Waals surface area contributed by atoms with Gasteiger partial charge in [0.15, 0.2) is 0 Å². The predicted octanol–water partition coefficient (Wildman–Crippen LogP) is 2.59. The monoisotopic (exact) mass is 223 g/mol. The fraction of sp³-hybridized carbons (Fsp3) is 0.0625. The minimum atomic E-state index is 0.847. The van der Waals surface area contributed by atoms with Gasteiger partial charge in [-0.15, -0.1) is 0 Å². The van der Waals surface area contributed by atoms with Crippen LogP contribution >= 0.6 is 0 Å². The molecule has 1 aromatic rings. The molecule has 0 radical (unpaired) electrons. The zero-order valence-electron chi connectivity index (χ0n) is 10.1. The van der Waals surface area contributed by atoms with E-state index in [0.29, 0.717) is 0 Å². The van der Waals surface area contributed by atoms with E-state index in [1.165, 1.54) is 0 Å². The smallest absolute Gasteiger partial charge is 0.0620 e. The van der Waals surface area contributed by atoms with Crippen molar-refractivity contribution in [2.45, 2.75) is 6.92 Å². The van der Waals surface area contributed by atoms with Crippen LogP contribution in [-0.2, 0) is 0 Å². The first kappa shape index (κ1) is 12.9. The van der Waals surface area contributed by atoms with E-state index in [-0.39, 0.29) is 0 Å². The van der Waals surface area contributed by atoms with Gasteiger partial charge in [0, 0.05) is 6.20 Å². The Hall–Kier alpha value is -2.15. The van der Waals surface area contributed by atoms with E-state index in [0.717, 1.165) is 16.1 Å². The molecule has 0 aliphatic rings. The number of hydrogen-bond donors (Lipinski definition) is 0. The summed E-state index contributed by atoms with van der Waals surface area (Å²) < 4.78 is 0. The molecule has 17 heavy (non-hydrogen) atoms. The number of hydrogen-bond acceptors (Lipinski definition) is 1. The zero-order chi connectivity index (χ0) is 12.5. The standard InChI is InChI=1S/C16H17N/c1-4-9-16(5-2)17-13-8-12-15-11-7-6-10-14(15)3/h4-13H,2-3H2,1H3/b9-4-,13-8+,15-12-,17-16-. The van der Waals surface area contributed by atoms with E-state index in [4.69, 9.17) is 0 Å². The van der Waals surface area contributed by atoms with Crippen LogP contribution in [0.3, 0.4) is 0 Å². The molecule has 1 nitrogen and oxygen atoms in total. The van der Waals surface area contributed by atoms with Crippen LogP contribution in [-0.4, -0.2) is 5.71 Å². The maximum absolute atomic E-state index is 4.26. The van der Waals surface area contributed by atoms with Crippen molar-refractivity contribution in [3.63, 3.8) is 0 Å². The molecule has 0 saturated heterocycles. The molecule has 1 rings (SSSR count). The minimum Gasteiger partial charge on any atom is -0.257 e. The van der Waals surface area contributed by atoms with Gasteiger partial charge in [-0.1, -0.05) is 49.6 Å². The fourth-order valence-corrected chi connectivity index (χ4v) is 1.31. The first-order valence-corrected chi connectivity index (χ1v) is 5.51. The van der Waals surface area contributed by atoms with E-state index < -0.39 is 0 Å². The summed E-state index contributed by atoms with van der Waals surface area (Å²) in [5.74, 6) is 0. The molecule has 0 N–H and O–H groups in total. The number of rotatable bonds is 4. The van der Waals surface area contributed by atoms with Crippen LogP contribution in [0.4, 0.5) is 0 Å². The Morgan fingerprint density at radius 1 is 1.29 bits per heavy atom. The zero-order valence-corrected chi connectivity index (χ0v) is 10.1. The molecule has 1 heteroatoms. The van der Waals surface area contributed by atoms with Crippen molar-refractivity contribution in [2.75, 3.05) is 0 Å². The Morgan fingerprint density at radius 2 is 2.06 bits per heavy atom. The second-order valence-electron chi connectivity index (χ2n) is 3.47. The van der Waals surface area contributed by atoms with Gasteiger partial charge in [0.2, 0.25) is 0 Å². The first-order chi connectivity index (χ1) is 8.27. The fourth-order valence-electron chi connectivity index (χ4n) is 1.31. The third kappa shape index (κ3) is 4.47. The molecule has 0 aliphatic heterocycles. The van der Waals surface area contributed by atoms with E-state index >= 15 is 0 Å². The van der Waals surface area contributed by atoms with E-state index in [9.17, 15) is 0 Å². The molecule has 0 fully saturated rings. The van der Waals surface area contributed by atoms with Crippen LogP contribution in [0.2, 0.25) is 0 Å². The summed E-state index contributed by atoms with van der Waals surface area (Å²) in [4.78, 5) is 4.26. The first-order valence-electron chi connectivity index (χ1n) is 5.51. The summed E-state index contributed by atoms with van der Waals surface area (Å²) in [6.07, 6.45) is 11.2. The highest BCUT2D eigenvalue weighted by Gasteiger charge is 1.81. The summed E-state index contributed by atoms with van der Waals surface area (Å²) in [5, 5.41) is 2.11. The summed E-state index contributed by atoms with van der Waals surface area (Å²) in [5.41, 5.74) is 0.847. The Bertz CT molecular complexity index is 559. The van der Waals surface area contributed by atoms with Crippen molar-refractivity contribution in [3.05, 3.63) is 71.8 Å². The van der Waals surface area contributed by atoms with E-state index in [1.807, 2.05) is 55.5 Å². The van der Waals surface area contributed by atoms with Gasteiger partial charge >= 0.3 is 0 Å². The molecule has 0 unspecified atom stereocenters. The second-order valence-corrected chi connectivity index (χ2v) is 3.47. The summed E-state index contributed by atoms with van der Waals surface area (Å²) in [6.45, 7) is 9.60. The minimum absolute atomic E-state index is 0.847. The summed E-state index contributed by atoms with van der Waals surface area (Å²) in [7, 11) is 0. The van der Waals surface area contributed by atoms with Gasteiger partial charge in [-0.05, 0) is 35.6 Å². The third-order valence-electron chi connectivity index (χ3n) is 2.19. The van der Waals surface area contributed by atoms with Gasteiger partial charge < -0.3 is 0 Å². The third-order valence-corrected chi connectivity index (χ3v) is 2.19. The highest BCUT2D eigenvalue weighted by Crippen LogP contribution is 1.86. The van der Waals surface area contributed by atoms with Gasteiger partial charge in [-0.25, -0.2) is 0 Å². The largest absolute Gasteiger partial charge is 0.257 e. The molecule has 0 spiro atoms. The van der Waals surface area contributed by atoms with Gasteiger partial charge in [0.1, 0.15) is 0 Å². The topological polar surface area (TPSA) is 12.4 Å². The lowest BCUT2D eigenvalue weighted by Crippen LogP contribution is -2.21. The SMILES string of the molecule is C=CC(/C=C\C)=N/C=C/C=c1/ccccc1=C. The molecular formula is C16H17N. The number of allylic oxidation sites excluding steroid dienone is 4. The van der Waals surface area contributed by atoms with Crippen molar-refractivity contribution in [3.8, 4) is 0 Å². The highest BCUT2D eigenvalue weighted by molar-refractivity contribution is 6.03. The van der Waals surface area contributed by atoms with Crippen LogP contribution in [0.25, 0.3) is 12.7 Å². The quantitative estimate of drug-likeness (QED) is 0.696. The molecule has 0 heterocycles. The Balaban J connectivity index is 2.88. The summed E-state index contributed by atoms with van der Waals surface area (Å²) >= 11 is 0. The molecule has 0 aromatic heterocycles. The lowest BCUT2D eigenvalue weighted by molar-refractivity contribution is 1.52. The van der Waals surface area contributed by atoms with Crippen LogP contribution in [0, 0.1) is 0 Å². The molecule has 86 valence electrons. The molecule has 0 bridgehead atoms. The number of benzene rings is 1. The Kier molecular flexibility index (Phi) is 5.45. The average molecular weight is 223 g/mol. The van der Waals surface area contributed by atoms with Crippen LogP contribution in [0.15, 0.2) is 66.3 Å². The lowest BCUT2D eigenvalue weighted by atomic mass is 10.2. The Labute approximate surface area is 103 Å². The average Bonchev–Trinajstić information content (AvgIpc) is 2.35. The van der Waals surface area contributed by atoms with Crippen molar-refractivity contribution in [1.29, 1.82) is 0 Å². The van der Waals surface area contributed by atoms with Crippen molar-refractivity contribution in [2.24, 2.45) is 4.99 Å². The van der Waals surface area contributed by atoms with Gasteiger partial charge in [-0.3, -0.25) is 4.99 Å². The highest BCUT2D eigenvalue weighted by atomic mass is 14.7. The molecule has 0 amide bonds. The van der Waals surface area contributed by atoms with Crippen LogP contribution < -0.4 is 10.4 Å². The van der Waals surface area contributed by atoms with Gasteiger partial charge in [0.05, 0.1) is 5.71 Å². The molecule has 0 atom stereocenters. The molecule has 1 aromatic carbocycles. The van der Waals surface area contributed by atoms with Gasteiger partial charge in [0.25, 0.3) is 0 Å². The number of nitrogens with zero attached hydrogens (tertiary/aromatic N) is 1. The predicted molar refractivity (Wildman–Crippen MR) is 77.3 cm³/mol. The lowest BCUT2D eigenvalue weighted by Gasteiger charge is -1.87. The van der Waals surface area contributed by atoms with E-state index in [1.54, 1.807) is 12.3 Å². The van der Waals surface area contributed by atoms with Crippen molar-refractivity contribution in [1.82, 2.24) is 0 Å². The van der Waals surface area contributed by atoms with Crippen molar-refractivity contribution < 1.29 is 0 Å². The van der Waals surface area contributed by atoms with Gasteiger partial charge in [-0.2, -0.15) is 0 Å². The molecular weight excluding hydrogens is 206 g/mol. The maximum atomic E-state index is 4.26. The van der Waals surface area contributed by atoms with Crippen molar-refractivity contribution >= 4 is 18.4 Å². The normalized spacial score (nSPS) is 13.7.